The van der Waals surface area contributed by atoms with Crippen molar-refractivity contribution in [3.8, 4) is 11.1 Å². The molecule has 0 spiro atoms. The third-order valence-electron chi connectivity index (χ3n) is 3.74. The van der Waals surface area contributed by atoms with Crippen molar-refractivity contribution in [2.75, 3.05) is 0 Å². The van der Waals surface area contributed by atoms with Crippen LogP contribution in [0.5, 0.6) is 0 Å². The first-order chi connectivity index (χ1) is 9.19. The molecule has 0 amide bonds. The lowest BCUT2D eigenvalue weighted by molar-refractivity contribution is 0.692. The second kappa shape index (κ2) is 5.16. The van der Waals surface area contributed by atoms with Gasteiger partial charge in [-0.1, -0.05) is 76.2 Å². The van der Waals surface area contributed by atoms with Crippen molar-refractivity contribution in [3.05, 3.63) is 59.7 Å². The van der Waals surface area contributed by atoms with Gasteiger partial charge >= 0.3 is 0 Å². The van der Waals surface area contributed by atoms with Gasteiger partial charge in [-0.25, -0.2) is 0 Å². The average molecular weight is 262 g/mol. The molecule has 102 valence electrons. The minimum Gasteiger partial charge on any atom is -0.0632 e. The molecule has 0 saturated carbocycles. The first-order valence-electron chi connectivity index (χ1n) is 7.40. The van der Waals surface area contributed by atoms with Gasteiger partial charge in [0.15, 0.2) is 0 Å². The predicted octanol–water partition coefficient (Wildman–Crippen LogP) is 3.09. The van der Waals surface area contributed by atoms with Crippen molar-refractivity contribution >= 4 is 15.7 Å². The Labute approximate surface area is 125 Å². The quantitative estimate of drug-likeness (QED) is 0.745. The molecule has 0 aliphatic heterocycles. The maximum absolute atomic E-state index is 2.37. The van der Waals surface area contributed by atoms with E-state index in [9.17, 15) is 0 Å². The molecule has 0 saturated heterocycles. The van der Waals surface area contributed by atoms with Crippen molar-refractivity contribution < 1.29 is 0 Å². The zero-order chi connectivity index (χ0) is 15.0. The fourth-order valence-corrected chi connectivity index (χ4v) is 2.63. The molecule has 0 fully saturated rings. The summed E-state index contributed by atoms with van der Waals surface area (Å²) in [5.41, 5.74) is 5.50. The topological polar surface area (TPSA) is 0 Å². The third kappa shape index (κ3) is 3.17. The molecule has 2 aromatic carbocycles. The molecule has 0 aliphatic carbocycles. The minimum absolute atomic E-state index is 0.160. The summed E-state index contributed by atoms with van der Waals surface area (Å²) in [5, 5.41) is 0.339. The fourth-order valence-electron chi connectivity index (χ4n) is 2.63. The Morgan fingerprint density at radius 1 is 0.650 bits per heavy atom. The third-order valence-corrected chi connectivity index (χ3v) is 3.74. The van der Waals surface area contributed by atoms with E-state index in [-0.39, 0.29) is 10.6 Å². The molecule has 0 N–H and O–H groups in total. The molecule has 0 aliphatic rings. The van der Waals surface area contributed by atoms with Gasteiger partial charge in [0.1, 0.15) is 15.7 Å². The van der Waals surface area contributed by atoms with Crippen LogP contribution >= 0.6 is 0 Å². The smallest absolute Gasteiger partial charge is 0.0632 e. The zero-order valence-corrected chi connectivity index (χ0v) is 13.6. The van der Waals surface area contributed by atoms with Crippen LogP contribution in [-0.4, -0.2) is 15.7 Å². The maximum Gasteiger partial charge on any atom is 0.114 e. The monoisotopic (exact) mass is 262 g/mol. The van der Waals surface area contributed by atoms with Gasteiger partial charge in [0.2, 0.25) is 0 Å². The van der Waals surface area contributed by atoms with Crippen molar-refractivity contribution in [1.29, 1.82) is 0 Å². The highest BCUT2D eigenvalue weighted by Gasteiger charge is 2.25. The lowest BCUT2D eigenvalue weighted by atomic mass is 9.58. The van der Waals surface area contributed by atoms with Crippen LogP contribution in [-0.2, 0) is 10.6 Å². The second-order valence-electron chi connectivity index (χ2n) is 7.63. The molecule has 0 unspecified atom stereocenters. The number of hydrogen-bond acceptors (Lipinski definition) is 0. The minimum atomic E-state index is 0.160. The normalized spacial score (nSPS) is 12.4. The maximum atomic E-state index is 2.37. The van der Waals surface area contributed by atoms with Crippen LogP contribution in [0, 0.1) is 0 Å². The largest absolute Gasteiger partial charge is 0.114 e. The van der Waals surface area contributed by atoms with Crippen LogP contribution in [0.1, 0.15) is 38.8 Å². The summed E-state index contributed by atoms with van der Waals surface area (Å²) >= 11 is 0. The van der Waals surface area contributed by atoms with Crippen LogP contribution in [0.3, 0.4) is 0 Å². The molecule has 0 nitrogen and oxygen atoms in total. The Morgan fingerprint density at radius 2 is 1.20 bits per heavy atom. The summed E-state index contributed by atoms with van der Waals surface area (Å²) in [6.45, 7) is 9.18. The number of hydrogen-bond donors (Lipinski definition) is 0. The summed E-state index contributed by atoms with van der Waals surface area (Å²) in [5.74, 6) is 0. The van der Waals surface area contributed by atoms with E-state index in [1.807, 2.05) is 0 Å². The van der Waals surface area contributed by atoms with Gasteiger partial charge in [-0.3, -0.25) is 0 Å². The summed E-state index contributed by atoms with van der Waals surface area (Å²) in [6.07, 6.45) is 0. The fraction of sp³-hybridized carbons (Fsp3) is 0.333. The summed E-state index contributed by atoms with van der Waals surface area (Å²) in [6, 6.07) is 17.6. The van der Waals surface area contributed by atoms with E-state index in [2.05, 4.69) is 91.9 Å². The van der Waals surface area contributed by atoms with Gasteiger partial charge in [0.05, 0.1) is 0 Å². The molecular weight excluding hydrogens is 238 g/mol. The highest BCUT2D eigenvalue weighted by atomic mass is 14.2. The Morgan fingerprint density at radius 3 is 1.70 bits per heavy atom. The molecule has 2 rings (SSSR count). The predicted molar refractivity (Wildman–Crippen MR) is 95.0 cm³/mol. The SMILES string of the molecule is BC(C)(C)c1ccc(-c2ccccc2)cc1C(B)(C)C. The van der Waals surface area contributed by atoms with Crippen LogP contribution in [0.2, 0.25) is 0 Å². The molecule has 2 heteroatoms. The molecule has 0 bridgehead atoms. The Balaban J connectivity index is 2.62. The standard InChI is InChI=1S/C18H24B2/c1-17(2,19)15-11-10-14(12-16(15)18(3,4)20)13-8-6-5-7-9-13/h5-12H,19-20H2,1-4H3. The van der Waals surface area contributed by atoms with Gasteiger partial charge in [0.25, 0.3) is 0 Å². The van der Waals surface area contributed by atoms with E-state index in [0.717, 1.165) is 0 Å². The van der Waals surface area contributed by atoms with E-state index in [1.54, 1.807) is 0 Å². The van der Waals surface area contributed by atoms with Gasteiger partial charge in [-0.2, -0.15) is 0 Å². The van der Waals surface area contributed by atoms with Crippen LogP contribution in [0.25, 0.3) is 11.1 Å². The average Bonchev–Trinajstić information content (AvgIpc) is 2.37. The van der Waals surface area contributed by atoms with E-state index in [1.165, 1.54) is 22.3 Å². The lowest BCUT2D eigenvalue weighted by Crippen LogP contribution is -2.26. The Kier molecular flexibility index (Phi) is 3.86. The molecule has 2 aromatic rings. The zero-order valence-electron chi connectivity index (χ0n) is 13.6. The van der Waals surface area contributed by atoms with E-state index < -0.39 is 0 Å². The van der Waals surface area contributed by atoms with Gasteiger partial charge in [0, 0.05) is 0 Å². The van der Waals surface area contributed by atoms with E-state index >= 15 is 0 Å². The van der Waals surface area contributed by atoms with Crippen molar-refractivity contribution in [3.63, 3.8) is 0 Å². The summed E-state index contributed by atoms with van der Waals surface area (Å²) < 4.78 is 0. The van der Waals surface area contributed by atoms with Crippen molar-refractivity contribution in [1.82, 2.24) is 0 Å². The highest BCUT2D eigenvalue weighted by Crippen LogP contribution is 2.34. The first kappa shape index (κ1) is 15.0. The van der Waals surface area contributed by atoms with E-state index in [4.69, 9.17) is 0 Å². The molecule has 0 radical (unpaired) electrons. The van der Waals surface area contributed by atoms with Gasteiger partial charge in [-0.15, -0.1) is 0 Å². The number of benzene rings is 2. The Bertz CT molecular complexity index is 587. The van der Waals surface area contributed by atoms with E-state index in [0.29, 0.717) is 0 Å². The lowest BCUT2D eigenvalue weighted by Gasteiger charge is -2.31. The van der Waals surface area contributed by atoms with Crippen LogP contribution < -0.4 is 0 Å². The Hall–Kier alpha value is -1.43. The molecule has 0 heterocycles. The molecule has 0 aromatic heterocycles. The highest BCUT2D eigenvalue weighted by molar-refractivity contribution is 6.17. The second-order valence-corrected chi connectivity index (χ2v) is 7.63. The number of rotatable bonds is 3. The van der Waals surface area contributed by atoms with Crippen LogP contribution in [0.15, 0.2) is 48.5 Å². The van der Waals surface area contributed by atoms with Crippen LogP contribution in [0.4, 0.5) is 0 Å². The molecular formula is C18H24B2. The summed E-state index contributed by atoms with van der Waals surface area (Å²) in [7, 11) is 4.59. The summed E-state index contributed by atoms with van der Waals surface area (Å²) in [4.78, 5) is 0. The molecule has 0 atom stereocenters. The first-order valence-corrected chi connectivity index (χ1v) is 7.40. The van der Waals surface area contributed by atoms with Crippen molar-refractivity contribution in [2.45, 2.75) is 38.3 Å². The van der Waals surface area contributed by atoms with Crippen molar-refractivity contribution in [2.24, 2.45) is 0 Å². The van der Waals surface area contributed by atoms with Gasteiger partial charge < -0.3 is 0 Å². The van der Waals surface area contributed by atoms with Gasteiger partial charge in [-0.05, 0) is 32.9 Å². The molecule has 20 heavy (non-hydrogen) atoms.